The zero-order chi connectivity index (χ0) is 18.6. The van der Waals surface area contributed by atoms with Crippen molar-refractivity contribution >= 4 is 27.2 Å². The molecule has 134 valence electrons. The fraction of sp³-hybridized carbons (Fsp3) is 0.111. The molecule has 8 heteroatoms. The smallest absolute Gasteiger partial charge is 0.262 e. The fourth-order valence-electron chi connectivity index (χ4n) is 2.34. The van der Waals surface area contributed by atoms with Crippen molar-refractivity contribution in [3.63, 3.8) is 0 Å². The van der Waals surface area contributed by atoms with E-state index in [2.05, 4.69) is 20.0 Å². The highest BCUT2D eigenvalue weighted by Crippen LogP contribution is 2.27. The maximum absolute atomic E-state index is 12.7. The van der Waals surface area contributed by atoms with Gasteiger partial charge in [0.15, 0.2) is 0 Å². The molecule has 7 nitrogen and oxygen atoms in total. The second-order valence-electron chi connectivity index (χ2n) is 5.50. The predicted octanol–water partition coefficient (Wildman–Crippen LogP) is 3.34. The molecule has 0 aliphatic rings. The maximum Gasteiger partial charge on any atom is 0.262 e. The molecule has 3 aromatic rings. The number of rotatable bonds is 6. The molecule has 2 N–H and O–H groups in total. The van der Waals surface area contributed by atoms with Gasteiger partial charge in [0.1, 0.15) is 17.9 Å². The van der Waals surface area contributed by atoms with Gasteiger partial charge in [0.25, 0.3) is 10.0 Å². The molecule has 0 radical (unpaired) electrons. The molecular formula is C18H18N4O3S. The first-order chi connectivity index (χ1) is 12.5. The fourth-order valence-corrected chi connectivity index (χ4v) is 3.46. The molecule has 0 amide bonds. The standard InChI is InChI=1S/C18H18N4O3S/c1-13-10-18(20-12-19-13)21-14-6-5-7-15(11-14)26(23,24)22-16-8-3-4-9-17(16)25-2/h3-12,22H,1-2H3,(H,19,20,21). The molecule has 26 heavy (non-hydrogen) atoms. The number of para-hydroxylation sites is 2. The largest absolute Gasteiger partial charge is 0.495 e. The van der Waals surface area contributed by atoms with Gasteiger partial charge in [0.2, 0.25) is 0 Å². The third kappa shape index (κ3) is 4.09. The summed E-state index contributed by atoms with van der Waals surface area (Å²) in [6.07, 6.45) is 1.45. The molecule has 0 saturated heterocycles. The lowest BCUT2D eigenvalue weighted by Crippen LogP contribution is -2.13. The van der Waals surface area contributed by atoms with Crippen LogP contribution in [0.2, 0.25) is 0 Å². The van der Waals surface area contributed by atoms with Crippen LogP contribution in [0.5, 0.6) is 5.75 Å². The van der Waals surface area contributed by atoms with Gasteiger partial charge in [-0.15, -0.1) is 0 Å². The molecule has 0 saturated carbocycles. The van der Waals surface area contributed by atoms with Crippen molar-refractivity contribution in [3.8, 4) is 5.75 Å². The Labute approximate surface area is 152 Å². The van der Waals surface area contributed by atoms with Crippen LogP contribution in [0.1, 0.15) is 5.69 Å². The normalized spacial score (nSPS) is 11.0. The van der Waals surface area contributed by atoms with Gasteiger partial charge in [0, 0.05) is 17.4 Å². The summed E-state index contributed by atoms with van der Waals surface area (Å²) in [7, 11) is -2.28. The molecule has 1 aromatic heterocycles. The number of benzene rings is 2. The first kappa shape index (κ1) is 17.7. The highest BCUT2D eigenvalue weighted by Gasteiger charge is 2.17. The number of hydrogen-bond acceptors (Lipinski definition) is 6. The molecule has 0 aliphatic carbocycles. The van der Waals surface area contributed by atoms with Crippen molar-refractivity contribution in [1.82, 2.24) is 9.97 Å². The average Bonchev–Trinajstić information content (AvgIpc) is 2.62. The van der Waals surface area contributed by atoms with Gasteiger partial charge in [-0.25, -0.2) is 18.4 Å². The Bertz CT molecular complexity index is 1020. The van der Waals surface area contributed by atoms with Crippen LogP contribution in [0.3, 0.4) is 0 Å². The summed E-state index contributed by atoms with van der Waals surface area (Å²) in [6, 6.07) is 15.1. The van der Waals surface area contributed by atoms with Crippen molar-refractivity contribution in [2.24, 2.45) is 0 Å². The topological polar surface area (TPSA) is 93.2 Å². The number of hydrogen-bond donors (Lipinski definition) is 2. The van der Waals surface area contributed by atoms with Gasteiger partial charge in [-0.2, -0.15) is 0 Å². The molecule has 0 unspecified atom stereocenters. The molecule has 1 heterocycles. The first-order valence-corrected chi connectivity index (χ1v) is 9.28. The second-order valence-corrected chi connectivity index (χ2v) is 7.19. The average molecular weight is 370 g/mol. The highest BCUT2D eigenvalue weighted by atomic mass is 32.2. The number of aryl methyl sites for hydroxylation is 1. The van der Waals surface area contributed by atoms with E-state index in [1.165, 1.54) is 25.6 Å². The van der Waals surface area contributed by atoms with Crippen LogP contribution < -0.4 is 14.8 Å². The van der Waals surface area contributed by atoms with Crippen LogP contribution in [-0.2, 0) is 10.0 Å². The van der Waals surface area contributed by atoms with Crippen LogP contribution in [0.4, 0.5) is 17.2 Å². The summed E-state index contributed by atoms with van der Waals surface area (Å²) < 4.78 is 33.2. The van der Waals surface area contributed by atoms with Crippen LogP contribution in [0, 0.1) is 6.92 Å². The van der Waals surface area contributed by atoms with Gasteiger partial charge < -0.3 is 10.1 Å². The SMILES string of the molecule is COc1ccccc1NS(=O)(=O)c1cccc(Nc2cc(C)ncn2)c1. The van der Waals surface area contributed by atoms with Gasteiger partial charge in [-0.3, -0.25) is 4.72 Å². The van der Waals surface area contributed by atoms with E-state index in [0.29, 0.717) is 22.9 Å². The first-order valence-electron chi connectivity index (χ1n) is 7.79. The van der Waals surface area contributed by atoms with Crippen LogP contribution in [0.15, 0.2) is 65.8 Å². The molecule has 2 aromatic carbocycles. The van der Waals surface area contributed by atoms with E-state index in [1.54, 1.807) is 42.5 Å². The minimum atomic E-state index is -3.77. The van der Waals surface area contributed by atoms with Crippen molar-refractivity contribution in [1.29, 1.82) is 0 Å². The lowest BCUT2D eigenvalue weighted by Gasteiger charge is -2.12. The zero-order valence-corrected chi connectivity index (χ0v) is 15.1. The third-order valence-corrected chi connectivity index (χ3v) is 4.94. The Hall–Kier alpha value is -3.13. The number of nitrogens with zero attached hydrogens (tertiary/aromatic N) is 2. The molecule has 3 rings (SSSR count). The van der Waals surface area contributed by atoms with E-state index in [9.17, 15) is 8.42 Å². The summed E-state index contributed by atoms with van der Waals surface area (Å²) in [4.78, 5) is 8.27. The zero-order valence-electron chi connectivity index (χ0n) is 14.3. The maximum atomic E-state index is 12.7. The summed E-state index contributed by atoms with van der Waals surface area (Å²) in [5, 5.41) is 3.08. The second kappa shape index (κ2) is 7.40. The number of aromatic nitrogens is 2. The Morgan fingerprint density at radius 3 is 2.58 bits per heavy atom. The van der Waals surface area contributed by atoms with Crippen molar-refractivity contribution in [2.75, 3.05) is 17.1 Å². The Kier molecular flexibility index (Phi) is 5.04. The van der Waals surface area contributed by atoms with Crippen molar-refractivity contribution < 1.29 is 13.2 Å². The van der Waals surface area contributed by atoms with Gasteiger partial charge in [-0.05, 0) is 37.3 Å². The Morgan fingerprint density at radius 2 is 1.81 bits per heavy atom. The molecule has 0 fully saturated rings. The monoisotopic (exact) mass is 370 g/mol. The van der Waals surface area contributed by atoms with E-state index < -0.39 is 10.0 Å². The highest BCUT2D eigenvalue weighted by molar-refractivity contribution is 7.92. The van der Waals surface area contributed by atoms with Gasteiger partial charge in [0.05, 0.1) is 17.7 Å². The lowest BCUT2D eigenvalue weighted by atomic mass is 10.3. The van der Waals surface area contributed by atoms with E-state index in [1.807, 2.05) is 6.92 Å². The Morgan fingerprint density at radius 1 is 1.00 bits per heavy atom. The van der Waals surface area contributed by atoms with Gasteiger partial charge >= 0.3 is 0 Å². The molecule has 0 atom stereocenters. The molecule has 0 bridgehead atoms. The predicted molar refractivity (Wildman–Crippen MR) is 100 cm³/mol. The van der Waals surface area contributed by atoms with E-state index in [-0.39, 0.29) is 4.90 Å². The van der Waals surface area contributed by atoms with Crippen molar-refractivity contribution in [2.45, 2.75) is 11.8 Å². The lowest BCUT2D eigenvalue weighted by molar-refractivity contribution is 0.417. The van der Waals surface area contributed by atoms with Crippen LogP contribution in [-0.4, -0.2) is 25.5 Å². The van der Waals surface area contributed by atoms with Crippen LogP contribution >= 0.6 is 0 Å². The van der Waals surface area contributed by atoms with E-state index >= 15 is 0 Å². The van der Waals surface area contributed by atoms with Crippen LogP contribution in [0.25, 0.3) is 0 Å². The molecular weight excluding hydrogens is 352 g/mol. The number of sulfonamides is 1. The minimum absolute atomic E-state index is 0.124. The quantitative estimate of drug-likeness (QED) is 0.691. The summed E-state index contributed by atoms with van der Waals surface area (Å²) in [6.45, 7) is 1.85. The number of methoxy groups -OCH3 is 1. The molecule has 0 aliphatic heterocycles. The van der Waals surface area contributed by atoms with Gasteiger partial charge in [-0.1, -0.05) is 18.2 Å². The Balaban J connectivity index is 1.86. The van der Waals surface area contributed by atoms with E-state index in [4.69, 9.17) is 4.74 Å². The third-order valence-electron chi connectivity index (χ3n) is 3.57. The summed E-state index contributed by atoms with van der Waals surface area (Å²) in [5.74, 6) is 1.03. The molecule has 0 spiro atoms. The number of ether oxygens (including phenoxy) is 1. The number of anilines is 3. The minimum Gasteiger partial charge on any atom is -0.495 e. The number of nitrogens with one attached hydrogen (secondary N) is 2. The van der Waals surface area contributed by atoms with E-state index in [0.717, 1.165) is 5.69 Å². The summed E-state index contributed by atoms with van der Waals surface area (Å²) in [5.41, 5.74) is 1.79. The van der Waals surface area contributed by atoms with Crippen molar-refractivity contribution in [3.05, 3.63) is 66.6 Å². The summed E-state index contributed by atoms with van der Waals surface area (Å²) >= 11 is 0.